The molecule has 1 atom stereocenters. The molecule has 2 aliphatic rings. The Morgan fingerprint density at radius 2 is 1.87 bits per heavy atom. The van der Waals surface area contributed by atoms with Crippen LogP contribution in [0.5, 0.6) is 0 Å². The number of rotatable bonds is 5. The van der Waals surface area contributed by atoms with Gasteiger partial charge in [0.2, 0.25) is 0 Å². The second-order valence-corrected chi connectivity index (χ2v) is 9.25. The van der Waals surface area contributed by atoms with E-state index in [4.69, 9.17) is 9.15 Å². The van der Waals surface area contributed by atoms with Gasteiger partial charge in [0.15, 0.2) is 5.78 Å². The van der Waals surface area contributed by atoms with Crippen molar-refractivity contribution in [1.82, 2.24) is 5.32 Å². The first-order chi connectivity index (χ1) is 14.7. The number of carbonyl (C=O) groups excluding carboxylic acids is 2. The summed E-state index contributed by atoms with van der Waals surface area (Å²) in [4.78, 5) is 26.4. The lowest BCUT2D eigenvalue weighted by Gasteiger charge is -2.38. The summed E-state index contributed by atoms with van der Waals surface area (Å²) in [5.41, 5.74) is 3.67. The smallest absolute Gasteiger partial charge is 0.336 e. The number of furan rings is 1. The second-order valence-electron chi connectivity index (χ2n) is 9.25. The predicted octanol–water partition coefficient (Wildman–Crippen LogP) is 4.98. The lowest BCUT2D eigenvalue weighted by molar-refractivity contribution is -0.139. The molecule has 1 N–H and O–H groups in total. The predicted molar refractivity (Wildman–Crippen MR) is 118 cm³/mol. The number of benzene rings is 1. The topological polar surface area (TPSA) is 68.5 Å². The van der Waals surface area contributed by atoms with E-state index in [1.165, 1.54) is 0 Å². The first-order valence-corrected chi connectivity index (χ1v) is 10.8. The molecule has 0 spiro atoms. The van der Waals surface area contributed by atoms with Crippen LogP contribution in [0.3, 0.4) is 0 Å². The van der Waals surface area contributed by atoms with Gasteiger partial charge in [0.1, 0.15) is 11.5 Å². The Morgan fingerprint density at radius 1 is 1.13 bits per heavy atom. The molecule has 1 aromatic heterocycles. The molecular weight excluding hydrogens is 390 g/mol. The van der Waals surface area contributed by atoms with E-state index in [9.17, 15) is 9.59 Å². The van der Waals surface area contributed by atoms with Crippen LogP contribution in [0, 0.1) is 12.3 Å². The second kappa shape index (κ2) is 8.22. The molecule has 1 aromatic carbocycles. The summed E-state index contributed by atoms with van der Waals surface area (Å²) in [6, 6.07) is 13.6. The standard InChI is InChI=1S/C26H29NO4/c1-16-10-11-21(31-16)24-22(25(29)30-13-12-18-8-6-5-7-9-18)17(2)27-19-14-26(3,4)15-20(28)23(19)24/h5-11,24,27H,12-15H2,1-4H3. The molecule has 1 unspecified atom stereocenters. The summed E-state index contributed by atoms with van der Waals surface area (Å²) in [7, 11) is 0. The average molecular weight is 420 g/mol. The lowest BCUT2D eigenvalue weighted by Crippen LogP contribution is -2.38. The number of ketones is 1. The number of esters is 1. The highest BCUT2D eigenvalue weighted by Gasteiger charge is 2.44. The Balaban J connectivity index is 1.64. The van der Waals surface area contributed by atoms with Crippen molar-refractivity contribution in [1.29, 1.82) is 0 Å². The summed E-state index contributed by atoms with van der Waals surface area (Å²) < 4.78 is 11.6. The Bertz CT molecular complexity index is 1070. The monoisotopic (exact) mass is 419 g/mol. The van der Waals surface area contributed by atoms with Crippen LogP contribution in [0.15, 0.2) is 69.4 Å². The van der Waals surface area contributed by atoms with Crippen molar-refractivity contribution in [3.05, 3.63) is 82.1 Å². The van der Waals surface area contributed by atoms with Gasteiger partial charge < -0.3 is 14.5 Å². The average Bonchev–Trinajstić information content (AvgIpc) is 3.12. The van der Waals surface area contributed by atoms with Crippen molar-refractivity contribution in [3.8, 4) is 0 Å². The van der Waals surface area contributed by atoms with Gasteiger partial charge in [-0.2, -0.15) is 0 Å². The van der Waals surface area contributed by atoms with Crippen molar-refractivity contribution >= 4 is 11.8 Å². The van der Waals surface area contributed by atoms with Gasteiger partial charge in [-0.3, -0.25) is 4.79 Å². The molecule has 5 heteroatoms. The van der Waals surface area contributed by atoms with Crippen LogP contribution in [-0.4, -0.2) is 18.4 Å². The molecular formula is C26H29NO4. The summed E-state index contributed by atoms with van der Waals surface area (Å²) >= 11 is 0. The SMILES string of the molecule is CC1=C(C(=O)OCCc2ccccc2)C(c2ccc(C)o2)C2=C(CC(C)(C)CC2=O)N1. The minimum atomic E-state index is -0.544. The van der Waals surface area contributed by atoms with E-state index in [-0.39, 0.29) is 17.8 Å². The van der Waals surface area contributed by atoms with Gasteiger partial charge in [-0.05, 0) is 43.4 Å². The molecule has 1 aliphatic heterocycles. The van der Waals surface area contributed by atoms with Crippen molar-refractivity contribution in [2.45, 2.75) is 52.9 Å². The molecule has 0 saturated carbocycles. The van der Waals surface area contributed by atoms with Crippen molar-refractivity contribution < 1.29 is 18.7 Å². The van der Waals surface area contributed by atoms with E-state index >= 15 is 0 Å². The van der Waals surface area contributed by atoms with Gasteiger partial charge in [0.25, 0.3) is 0 Å². The minimum absolute atomic E-state index is 0.0555. The number of Topliss-reactive ketones (excluding diaryl/α,β-unsaturated/α-hetero) is 1. The van der Waals surface area contributed by atoms with Gasteiger partial charge in [-0.15, -0.1) is 0 Å². The highest BCUT2D eigenvalue weighted by atomic mass is 16.5. The van der Waals surface area contributed by atoms with E-state index in [0.29, 0.717) is 35.4 Å². The first-order valence-electron chi connectivity index (χ1n) is 10.8. The van der Waals surface area contributed by atoms with Gasteiger partial charge in [-0.1, -0.05) is 44.2 Å². The number of carbonyl (C=O) groups is 2. The first kappa shape index (κ1) is 21.2. The van der Waals surface area contributed by atoms with Gasteiger partial charge in [0, 0.05) is 29.8 Å². The molecule has 0 amide bonds. The quantitative estimate of drug-likeness (QED) is 0.693. The molecule has 1 aliphatic carbocycles. The molecule has 31 heavy (non-hydrogen) atoms. The largest absolute Gasteiger partial charge is 0.465 e. The zero-order valence-electron chi connectivity index (χ0n) is 18.6. The fourth-order valence-electron chi connectivity index (χ4n) is 4.58. The highest BCUT2D eigenvalue weighted by Crippen LogP contribution is 2.47. The van der Waals surface area contributed by atoms with Crippen LogP contribution in [0.2, 0.25) is 0 Å². The Hall–Kier alpha value is -3.08. The van der Waals surface area contributed by atoms with Crippen LogP contribution < -0.4 is 5.32 Å². The molecule has 5 nitrogen and oxygen atoms in total. The minimum Gasteiger partial charge on any atom is -0.465 e. The third-order valence-corrected chi connectivity index (χ3v) is 5.97. The Kier molecular flexibility index (Phi) is 5.61. The van der Waals surface area contributed by atoms with Gasteiger partial charge in [-0.25, -0.2) is 4.79 Å². The van der Waals surface area contributed by atoms with Gasteiger partial charge >= 0.3 is 5.97 Å². The van der Waals surface area contributed by atoms with Gasteiger partial charge in [0.05, 0.1) is 18.1 Å². The summed E-state index contributed by atoms with van der Waals surface area (Å²) in [5.74, 6) is 0.449. The maximum atomic E-state index is 13.2. The zero-order chi connectivity index (χ0) is 22.2. The fraction of sp³-hybridized carbons (Fsp3) is 0.385. The third kappa shape index (κ3) is 4.36. The van der Waals surface area contributed by atoms with Crippen molar-refractivity contribution in [2.75, 3.05) is 6.61 Å². The number of aryl methyl sites for hydroxylation is 1. The normalized spacial score (nSPS) is 20.4. The van der Waals surface area contributed by atoms with Crippen molar-refractivity contribution in [2.24, 2.45) is 5.41 Å². The van der Waals surface area contributed by atoms with E-state index in [0.717, 1.165) is 23.4 Å². The van der Waals surface area contributed by atoms with E-state index in [1.807, 2.05) is 56.3 Å². The molecule has 0 bridgehead atoms. The van der Waals surface area contributed by atoms with Crippen LogP contribution >= 0.6 is 0 Å². The zero-order valence-corrected chi connectivity index (χ0v) is 18.6. The molecule has 162 valence electrons. The Morgan fingerprint density at radius 3 is 2.55 bits per heavy atom. The summed E-state index contributed by atoms with van der Waals surface area (Å²) in [6.45, 7) is 8.19. The number of dihydropyridines is 1. The third-order valence-electron chi connectivity index (χ3n) is 5.97. The van der Waals surface area contributed by atoms with E-state index < -0.39 is 11.9 Å². The molecule has 2 aromatic rings. The number of ether oxygens (including phenoxy) is 1. The molecule has 2 heterocycles. The molecule has 0 fully saturated rings. The summed E-state index contributed by atoms with van der Waals surface area (Å²) in [5, 5.41) is 3.35. The number of hydrogen-bond acceptors (Lipinski definition) is 5. The number of nitrogens with one attached hydrogen (secondary N) is 1. The van der Waals surface area contributed by atoms with Crippen LogP contribution in [0.25, 0.3) is 0 Å². The maximum Gasteiger partial charge on any atom is 0.336 e. The van der Waals surface area contributed by atoms with Crippen LogP contribution in [0.1, 0.15) is 56.6 Å². The number of hydrogen-bond donors (Lipinski definition) is 1. The maximum absolute atomic E-state index is 13.2. The molecule has 4 rings (SSSR count). The molecule has 0 saturated heterocycles. The lowest BCUT2D eigenvalue weighted by atomic mass is 9.69. The number of allylic oxidation sites excluding steroid dienone is 3. The molecule has 0 radical (unpaired) electrons. The van der Waals surface area contributed by atoms with Crippen molar-refractivity contribution in [3.63, 3.8) is 0 Å². The van der Waals surface area contributed by atoms with E-state index in [1.54, 1.807) is 0 Å². The highest BCUT2D eigenvalue weighted by molar-refractivity contribution is 6.04. The van der Waals surface area contributed by atoms with Crippen LogP contribution in [-0.2, 0) is 20.7 Å². The van der Waals surface area contributed by atoms with Crippen LogP contribution in [0.4, 0.5) is 0 Å². The summed E-state index contributed by atoms with van der Waals surface area (Å²) in [6.07, 6.45) is 1.83. The van der Waals surface area contributed by atoms with E-state index in [2.05, 4.69) is 19.2 Å². The fourth-order valence-corrected chi connectivity index (χ4v) is 4.58. The Labute approximate surface area is 183 Å².